The lowest BCUT2D eigenvalue weighted by Crippen LogP contribution is -2.20. The summed E-state index contributed by atoms with van der Waals surface area (Å²) in [4.78, 5) is 9.96. The Labute approximate surface area is 123 Å². The molecule has 1 heterocycles. The number of ether oxygens (including phenoxy) is 1. The van der Waals surface area contributed by atoms with Gasteiger partial charge in [-0.25, -0.2) is 9.37 Å². The molecule has 0 bridgehead atoms. The number of nitrogens with two attached hydrogens (primary N) is 1. The summed E-state index contributed by atoms with van der Waals surface area (Å²) < 4.78 is 19.2. The lowest BCUT2D eigenvalue weighted by atomic mass is 10.2. The number of anilines is 2. The highest BCUT2D eigenvalue weighted by Gasteiger charge is 2.14. The molecule has 0 aliphatic carbocycles. The van der Waals surface area contributed by atoms with Gasteiger partial charge < -0.3 is 15.4 Å². The van der Waals surface area contributed by atoms with Gasteiger partial charge in [0.2, 0.25) is 5.88 Å². The van der Waals surface area contributed by atoms with Gasteiger partial charge in [-0.05, 0) is 12.5 Å². The van der Waals surface area contributed by atoms with Crippen molar-refractivity contribution in [2.45, 2.75) is 19.9 Å². The molecule has 1 aromatic heterocycles. The van der Waals surface area contributed by atoms with E-state index in [-0.39, 0.29) is 5.82 Å². The van der Waals surface area contributed by atoms with Gasteiger partial charge in [-0.1, -0.05) is 25.1 Å². The van der Waals surface area contributed by atoms with Crippen molar-refractivity contribution in [3.63, 3.8) is 0 Å². The van der Waals surface area contributed by atoms with E-state index >= 15 is 0 Å². The smallest absolute Gasteiger partial charge is 0.242 e. The van der Waals surface area contributed by atoms with Gasteiger partial charge in [-0.3, -0.25) is 0 Å². The van der Waals surface area contributed by atoms with E-state index in [9.17, 15) is 4.39 Å². The zero-order valence-corrected chi connectivity index (χ0v) is 12.2. The molecule has 0 aliphatic rings. The SMILES string of the molecule is CCCOc1ncnc(N(C)Cc2ccccc2F)c1N. The molecular weight excluding hydrogens is 271 g/mol. The van der Waals surface area contributed by atoms with Crippen molar-refractivity contribution >= 4 is 11.5 Å². The Bertz CT molecular complexity index is 606. The number of nitrogens with zero attached hydrogens (tertiary/aromatic N) is 3. The van der Waals surface area contributed by atoms with E-state index in [0.29, 0.717) is 36.1 Å². The van der Waals surface area contributed by atoms with Crippen LogP contribution in [0.1, 0.15) is 18.9 Å². The van der Waals surface area contributed by atoms with E-state index < -0.39 is 0 Å². The molecule has 5 nitrogen and oxygen atoms in total. The minimum absolute atomic E-state index is 0.251. The van der Waals surface area contributed by atoms with Gasteiger partial charge in [0.25, 0.3) is 0 Å². The number of hydrogen-bond donors (Lipinski definition) is 1. The van der Waals surface area contributed by atoms with E-state index in [1.165, 1.54) is 12.4 Å². The van der Waals surface area contributed by atoms with Crippen LogP contribution in [0.5, 0.6) is 5.88 Å². The summed E-state index contributed by atoms with van der Waals surface area (Å²) in [5.41, 5.74) is 6.97. The Morgan fingerprint density at radius 3 is 2.76 bits per heavy atom. The van der Waals surface area contributed by atoms with Crippen LogP contribution >= 0.6 is 0 Å². The van der Waals surface area contributed by atoms with Crippen LogP contribution in [0, 0.1) is 5.82 Å². The summed E-state index contributed by atoms with van der Waals surface area (Å²) in [6.45, 7) is 2.90. The molecule has 0 aliphatic heterocycles. The van der Waals surface area contributed by atoms with Crippen molar-refractivity contribution in [3.05, 3.63) is 42.0 Å². The topological polar surface area (TPSA) is 64.3 Å². The standard InChI is InChI=1S/C15H19FN4O/c1-3-8-21-15-13(17)14(18-10-19-15)20(2)9-11-6-4-5-7-12(11)16/h4-7,10H,3,8-9,17H2,1-2H3. The molecule has 112 valence electrons. The van der Waals surface area contributed by atoms with Crippen LogP contribution in [0.25, 0.3) is 0 Å². The van der Waals surface area contributed by atoms with E-state index in [2.05, 4.69) is 9.97 Å². The van der Waals surface area contributed by atoms with Crippen LogP contribution in [0.15, 0.2) is 30.6 Å². The first kappa shape index (κ1) is 15.0. The normalized spacial score (nSPS) is 10.4. The maximum atomic E-state index is 13.7. The zero-order chi connectivity index (χ0) is 15.2. The molecule has 0 saturated heterocycles. The Morgan fingerprint density at radius 1 is 1.29 bits per heavy atom. The molecule has 0 atom stereocenters. The molecule has 2 N–H and O–H groups in total. The Hall–Kier alpha value is -2.37. The number of hydrogen-bond acceptors (Lipinski definition) is 5. The maximum Gasteiger partial charge on any atom is 0.242 e. The van der Waals surface area contributed by atoms with Gasteiger partial charge >= 0.3 is 0 Å². The fraction of sp³-hybridized carbons (Fsp3) is 0.333. The van der Waals surface area contributed by atoms with E-state index in [1.54, 1.807) is 30.1 Å². The Kier molecular flexibility index (Phi) is 4.92. The predicted molar refractivity (Wildman–Crippen MR) is 80.7 cm³/mol. The summed E-state index contributed by atoms with van der Waals surface area (Å²) in [6.07, 6.45) is 2.26. The second-order valence-corrected chi connectivity index (χ2v) is 4.71. The maximum absolute atomic E-state index is 13.7. The van der Waals surface area contributed by atoms with Gasteiger partial charge in [-0.15, -0.1) is 0 Å². The Balaban J connectivity index is 2.19. The van der Waals surface area contributed by atoms with E-state index in [0.717, 1.165) is 6.42 Å². The van der Waals surface area contributed by atoms with Crippen LogP contribution in [0.2, 0.25) is 0 Å². The van der Waals surface area contributed by atoms with Crippen LogP contribution in [-0.2, 0) is 6.54 Å². The summed E-state index contributed by atoms with van der Waals surface area (Å²) in [7, 11) is 1.80. The average molecular weight is 290 g/mol. The monoisotopic (exact) mass is 290 g/mol. The van der Waals surface area contributed by atoms with Gasteiger partial charge in [-0.2, -0.15) is 4.98 Å². The molecular formula is C15H19FN4O. The molecule has 2 rings (SSSR count). The van der Waals surface area contributed by atoms with Crippen LogP contribution in [0.3, 0.4) is 0 Å². The second-order valence-electron chi connectivity index (χ2n) is 4.71. The van der Waals surface area contributed by atoms with E-state index in [1.807, 2.05) is 6.92 Å². The molecule has 0 spiro atoms. The summed E-state index contributed by atoms with van der Waals surface area (Å²) >= 11 is 0. The number of aromatic nitrogens is 2. The first-order chi connectivity index (χ1) is 10.1. The summed E-state index contributed by atoms with van der Waals surface area (Å²) in [5.74, 6) is 0.640. The minimum atomic E-state index is -0.251. The van der Waals surface area contributed by atoms with Gasteiger partial charge in [0.1, 0.15) is 17.8 Å². The molecule has 0 unspecified atom stereocenters. The Morgan fingerprint density at radius 2 is 2.05 bits per heavy atom. The molecule has 2 aromatic rings. The largest absolute Gasteiger partial charge is 0.476 e. The molecule has 0 radical (unpaired) electrons. The highest BCUT2D eigenvalue weighted by atomic mass is 19.1. The third kappa shape index (κ3) is 3.59. The van der Waals surface area contributed by atoms with Gasteiger partial charge in [0.15, 0.2) is 5.82 Å². The average Bonchev–Trinajstić information content (AvgIpc) is 2.48. The van der Waals surface area contributed by atoms with Crippen LogP contribution in [0.4, 0.5) is 15.9 Å². The second kappa shape index (κ2) is 6.88. The van der Waals surface area contributed by atoms with Crippen molar-refractivity contribution < 1.29 is 9.13 Å². The van der Waals surface area contributed by atoms with Gasteiger partial charge in [0, 0.05) is 19.2 Å². The molecule has 1 aromatic carbocycles. The highest BCUT2D eigenvalue weighted by Crippen LogP contribution is 2.28. The van der Waals surface area contributed by atoms with Crippen LogP contribution < -0.4 is 15.4 Å². The summed E-state index contributed by atoms with van der Waals surface area (Å²) in [5, 5.41) is 0. The molecule has 0 amide bonds. The van der Waals surface area contributed by atoms with Crippen molar-refractivity contribution in [1.82, 2.24) is 9.97 Å². The van der Waals surface area contributed by atoms with Crippen molar-refractivity contribution in [2.75, 3.05) is 24.3 Å². The fourth-order valence-corrected chi connectivity index (χ4v) is 1.95. The lowest BCUT2D eigenvalue weighted by Gasteiger charge is -2.20. The number of nitrogen functional groups attached to an aromatic ring is 1. The van der Waals surface area contributed by atoms with Crippen LogP contribution in [-0.4, -0.2) is 23.6 Å². The molecule has 0 saturated carbocycles. The molecule has 6 heteroatoms. The zero-order valence-electron chi connectivity index (χ0n) is 12.2. The fourth-order valence-electron chi connectivity index (χ4n) is 1.95. The third-order valence-corrected chi connectivity index (χ3v) is 3.00. The number of halogens is 1. The lowest BCUT2D eigenvalue weighted by molar-refractivity contribution is 0.306. The van der Waals surface area contributed by atoms with Gasteiger partial charge in [0.05, 0.1) is 6.61 Å². The van der Waals surface area contributed by atoms with Crippen molar-refractivity contribution in [3.8, 4) is 5.88 Å². The van der Waals surface area contributed by atoms with Crippen molar-refractivity contribution in [2.24, 2.45) is 0 Å². The third-order valence-electron chi connectivity index (χ3n) is 3.00. The summed E-state index contributed by atoms with van der Waals surface area (Å²) in [6, 6.07) is 6.62. The highest BCUT2D eigenvalue weighted by molar-refractivity contribution is 5.67. The number of benzene rings is 1. The van der Waals surface area contributed by atoms with E-state index in [4.69, 9.17) is 10.5 Å². The molecule has 21 heavy (non-hydrogen) atoms. The van der Waals surface area contributed by atoms with Crippen molar-refractivity contribution in [1.29, 1.82) is 0 Å². The predicted octanol–water partition coefficient (Wildman–Crippen LogP) is 2.62. The minimum Gasteiger partial charge on any atom is -0.476 e. The first-order valence-corrected chi connectivity index (χ1v) is 6.81. The quantitative estimate of drug-likeness (QED) is 0.886. The first-order valence-electron chi connectivity index (χ1n) is 6.81. The molecule has 0 fully saturated rings. The number of rotatable bonds is 6.